The fraction of sp³-hybridized carbons (Fsp3) is 0.650. The van der Waals surface area contributed by atoms with Crippen LogP contribution in [0, 0.1) is 0 Å². The maximum absolute atomic E-state index is 11.3. The van der Waals surface area contributed by atoms with Gasteiger partial charge in [-0.15, -0.1) is 0 Å². The van der Waals surface area contributed by atoms with Crippen molar-refractivity contribution in [2.75, 3.05) is 13.2 Å². The van der Waals surface area contributed by atoms with Gasteiger partial charge in [0.05, 0.1) is 24.9 Å². The van der Waals surface area contributed by atoms with Crippen molar-refractivity contribution in [3.05, 3.63) is 35.4 Å². The molecule has 5 nitrogen and oxygen atoms in total. The zero-order chi connectivity index (χ0) is 18.7. The van der Waals surface area contributed by atoms with Crippen molar-refractivity contribution in [1.29, 1.82) is 0 Å². The topological polar surface area (TPSA) is 89.8 Å². The zero-order valence-corrected chi connectivity index (χ0v) is 15.5. The number of hydrogen-bond acceptors (Lipinski definition) is 4. The Labute approximate surface area is 151 Å². The average molecular weight is 351 g/mol. The number of carbonyl (C=O) groups excluding carboxylic acids is 1. The number of aliphatic hydroxyl groups excluding tert-OH is 3. The maximum Gasteiger partial charge on any atom is 0.217 e. The molecule has 1 atom stereocenters. The van der Waals surface area contributed by atoms with Crippen molar-refractivity contribution >= 4 is 5.91 Å². The zero-order valence-electron chi connectivity index (χ0n) is 15.5. The molecule has 0 heterocycles. The lowest BCUT2D eigenvalue weighted by molar-refractivity contribution is -0.122. The molecule has 0 aliphatic rings. The molecule has 0 saturated carbocycles. The molecule has 1 rings (SSSR count). The summed E-state index contributed by atoms with van der Waals surface area (Å²) in [5, 5.41) is 32.0. The number of rotatable bonds is 12. The molecule has 1 unspecified atom stereocenters. The van der Waals surface area contributed by atoms with E-state index >= 15 is 0 Å². The molecule has 0 fully saturated rings. The molecule has 0 aliphatic carbocycles. The van der Waals surface area contributed by atoms with Crippen molar-refractivity contribution in [2.24, 2.45) is 0 Å². The highest BCUT2D eigenvalue weighted by Crippen LogP contribution is 2.24. The summed E-state index contributed by atoms with van der Waals surface area (Å²) in [5.41, 5.74) is 0.736. The first kappa shape index (κ1) is 21.6. The molecule has 0 aliphatic heterocycles. The Balaban J connectivity index is 2.60. The van der Waals surface area contributed by atoms with Crippen LogP contribution in [0.1, 0.15) is 69.6 Å². The predicted octanol–water partition coefficient (Wildman–Crippen LogP) is 2.48. The standard InChI is InChI=1S/C20H33NO4/c1-3-4-5-6-7-8-17-9-11-18(12-10-17)19(25)13-20(14-22,15-23)21-16(2)24/h9-12,19,22-23,25H,3-8,13-15H2,1-2H3,(H,21,24). The number of unbranched alkanes of at least 4 members (excludes halogenated alkanes) is 4. The summed E-state index contributed by atoms with van der Waals surface area (Å²) in [7, 11) is 0. The summed E-state index contributed by atoms with van der Waals surface area (Å²) in [5.74, 6) is -0.353. The van der Waals surface area contributed by atoms with Crippen LogP contribution < -0.4 is 5.32 Å². The average Bonchev–Trinajstić information content (AvgIpc) is 2.61. The second kappa shape index (κ2) is 11.2. The van der Waals surface area contributed by atoms with Gasteiger partial charge >= 0.3 is 0 Å². The van der Waals surface area contributed by atoms with Crippen LogP contribution >= 0.6 is 0 Å². The monoisotopic (exact) mass is 351 g/mol. The highest BCUT2D eigenvalue weighted by atomic mass is 16.3. The second-order valence-corrected chi connectivity index (χ2v) is 6.90. The Morgan fingerprint density at radius 2 is 1.68 bits per heavy atom. The van der Waals surface area contributed by atoms with Gasteiger partial charge in [-0.25, -0.2) is 0 Å². The number of amides is 1. The second-order valence-electron chi connectivity index (χ2n) is 6.90. The quantitative estimate of drug-likeness (QED) is 0.436. The minimum atomic E-state index is -1.22. The molecule has 5 heteroatoms. The molecule has 0 saturated heterocycles. The lowest BCUT2D eigenvalue weighted by Gasteiger charge is -2.32. The molecule has 1 aromatic rings. The van der Waals surface area contributed by atoms with Crippen LogP contribution in [0.25, 0.3) is 0 Å². The van der Waals surface area contributed by atoms with Crippen LogP contribution in [0.15, 0.2) is 24.3 Å². The summed E-state index contributed by atoms with van der Waals surface area (Å²) in [6.45, 7) is 2.66. The van der Waals surface area contributed by atoms with Gasteiger partial charge in [0.1, 0.15) is 0 Å². The van der Waals surface area contributed by atoms with Crippen LogP contribution in [-0.4, -0.2) is 40.0 Å². The van der Waals surface area contributed by atoms with E-state index in [2.05, 4.69) is 12.2 Å². The van der Waals surface area contributed by atoms with Crippen LogP contribution in [0.3, 0.4) is 0 Å². The summed E-state index contributed by atoms with van der Waals surface area (Å²) >= 11 is 0. The minimum Gasteiger partial charge on any atom is -0.394 e. The van der Waals surface area contributed by atoms with Crippen molar-refractivity contribution < 1.29 is 20.1 Å². The Kier molecular flexibility index (Phi) is 9.71. The molecule has 25 heavy (non-hydrogen) atoms. The van der Waals surface area contributed by atoms with Crippen molar-refractivity contribution in [2.45, 2.75) is 70.4 Å². The van der Waals surface area contributed by atoms with Crippen LogP contribution in [0.4, 0.5) is 0 Å². The summed E-state index contributed by atoms with van der Waals surface area (Å²) in [4.78, 5) is 11.3. The molecule has 0 aromatic heterocycles. The number of aryl methyl sites for hydroxylation is 1. The van der Waals surface area contributed by atoms with Crippen LogP contribution in [0.5, 0.6) is 0 Å². The Hall–Kier alpha value is -1.43. The molecular weight excluding hydrogens is 318 g/mol. The van der Waals surface area contributed by atoms with Gasteiger partial charge in [-0.3, -0.25) is 4.79 Å². The van der Waals surface area contributed by atoms with E-state index < -0.39 is 24.9 Å². The smallest absolute Gasteiger partial charge is 0.217 e. The lowest BCUT2D eigenvalue weighted by Crippen LogP contribution is -2.54. The molecule has 1 amide bonds. The van der Waals surface area contributed by atoms with Crippen molar-refractivity contribution in [1.82, 2.24) is 5.32 Å². The third-order valence-corrected chi connectivity index (χ3v) is 4.56. The largest absolute Gasteiger partial charge is 0.394 e. The predicted molar refractivity (Wildman–Crippen MR) is 99.2 cm³/mol. The van der Waals surface area contributed by atoms with Crippen molar-refractivity contribution in [3.63, 3.8) is 0 Å². The molecule has 4 N–H and O–H groups in total. The van der Waals surface area contributed by atoms with E-state index in [0.717, 1.165) is 6.42 Å². The van der Waals surface area contributed by atoms with Crippen LogP contribution in [-0.2, 0) is 11.2 Å². The van der Waals surface area contributed by atoms with E-state index in [-0.39, 0.29) is 12.3 Å². The van der Waals surface area contributed by atoms with Gasteiger partial charge < -0.3 is 20.6 Å². The number of benzene rings is 1. The van der Waals surface area contributed by atoms with E-state index in [9.17, 15) is 20.1 Å². The Bertz CT molecular complexity index is 497. The summed E-state index contributed by atoms with van der Waals surface area (Å²) in [6, 6.07) is 7.77. The highest BCUT2D eigenvalue weighted by molar-refractivity contribution is 5.73. The number of carbonyl (C=O) groups is 1. The van der Waals surface area contributed by atoms with Crippen LogP contribution in [0.2, 0.25) is 0 Å². The van der Waals surface area contributed by atoms with Gasteiger partial charge in [-0.05, 0) is 24.0 Å². The first-order valence-electron chi connectivity index (χ1n) is 9.23. The molecule has 0 bridgehead atoms. The van der Waals surface area contributed by atoms with Gasteiger partial charge in [-0.1, -0.05) is 56.9 Å². The van der Waals surface area contributed by atoms with Gasteiger partial charge in [0.2, 0.25) is 5.91 Å². The SMILES string of the molecule is CCCCCCCc1ccc(C(O)CC(CO)(CO)NC(C)=O)cc1. The summed E-state index contributed by atoms with van der Waals surface area (Å²) in [6.07, 6.45) is 6.43. The normalized spacial score (nSPS) is 12.8. The maximum atomic E-state index is 11.3. The van der Waals surface area contributed by atoms with E-state index in [1.807, 2.05) is 24.3 Å². The summed E-state index contributed by atoms with van der Waals surface area (Å²) < 4.78 is 0. The fourth-order valence-corrected chi connectivity index (χ4v) is 3.01. The van der Waals surface area contributed by atoms with Gasteiger partial charge in [0.15, 0.2) is 0 Å². The highest BCUT2D eigenvalue weighted by Gasteiger charge is 2.32. The van der Waals surface area contributed by atoms with Gasteiger partial charge in [0, 0.05) is 13.3 Å². The lowest BCUT2D eigenvalue weighted by atomic mass is 9.90. The third kappa shape index (κ3) is 7.55. The van der Waals surface area contributed by atoms with Gasteiger partial charge in [-0.2, -0.15) is 0 Å². The van der Waals surface area contributed by atoms with E-state index in [1.165, 1.54) is 44.6 Å². The molecule has 142 valence electrons. The molecule has 0 radical (unpaired) electrons. The van der Waals surface area contributed by atoms with E-state index in [0.29, 0.717) is 5.56 Å². The van der Waals surface area contributed by atoms with E-state index in [4.69, 9.17) is 0 Å². The number of aliphatic hydroxyl groups is 3. The first-order valence-corrected chi connectivity index (χ1v) is 9.23. The van der Waals surface area contributed by atoms with Crippen molar-refractivity contribution in [3.8, 4) is 0 Å². The Morgan fingerprint density at radius 1 is 1.08 bits per heavy atom. The van der Waals surface area contributed by atoms with E-state index in [1.54, 1.807) is 0 Å². The number of nitrogens with one attached hydrogen (secondary N) is 1. The first-order chi connectivity index (χ1) is 12.0. The minimum absolute atomic E-state index is 0.0515. The fourth-order valence-electron chi connectivity index (χ4n) is 3.01. The molecule has 0 spiro atoms. The van der Waals surface area contributed by atoms with Gasteiger partial charge in [0.25, 0.3) is 0 Å². The molecule has 1 aromatic carbocycles. The molecular formula is C20H33NO4. The Morgan fingerprint density at radius 3 is 2.20 bits per heavy atom. The third-order valence-electron chi connectivity index (χ3n) is 4.56. The number of hydrogen-bond donors (Lipinski definition) is 4.